The fourth-order valence-electron chi connectivity index (χ4n) is 2.79. The molecule has 3 heteroatoms. The highest BCUT2D eigenvalue weighted by atomic mass is 32.2. The fourth-order valence-corrected chi connectivity index (χ4v) is 4.42. The molecule has 0 saturated carbocycles. The summed E-state index contributed by atoms with van der Waals surface area (Å²) in [7, 11) is 0. The van der Waals surface area contributed by atoms with Gasteiger partial charge in [-0.15, -0.1) is 0 Å². The zero-order valence-corrected chi connectivity index (χ0v) is 12.9. The van der Waals surface area contributed by atoms with E-state index in [1.54, 1.807) is 0 Å². The molecular formula is C17H21NOS. The van der Waals surface area contributed by atoms with Gasteiger partial charge in [-0.2, -0.15) is 11.8 Å². The minimum absolute atomic E-state index is 0.0500. The molecule has 1 aliphatic heterocycles. The number of thioether (sulfide) groups is 1. The van der Waals surface area contributed by atoms with E-state index in [1.165, 1.54) is 0 Å². The van der Waals surface area contributed by atoms with Gasteiger partial charge < -0.3 is 5.11 Å². The summed E-state index contributed by atoms with van der Waals surface area (Å²) in [6.45, 7) is 4.35. The van der Waals surface area contributed by atoms with Crippen molar-refractivity contribution in [2.75, 3.05) is 11.5 Å². The number of benzene rings is 1. The highest BCUT2D eigenvalue weighted by Crippen LogP contribution is 2.43. The van der Waals surface area contributed by atoms with Crippen molar-refractivity contribution in [2.45, 2.75) is 32.3 Å². The quantitative estimate of drug-likeness (QED) is 0.915. The Morgan fingerprint density at radius 3 is 2.80 bits per heavy atom. The third kappa shape index (κ3) is 2.45. The van der Waals surface area contributed by atoms with Crippen molar-refractivity contribution < 1.29 is 5.11 Å². The second kappa shape index (κ2) is 5.05. The number of pyridine rings is 1. The molecule has 1 aliphatic rings. The average Bonchev–Trinajstić information content (AvgIpc) is 2.42. The summed E-state index contributed by atoms with van der Waals surface area (Å²) in [5.74, 6) is 1.94. The molecule has 2 aromatic rings. The zero-order chi connectivity index (χ0) is 14.2. The Kier molecular flexibility index (Phi) is 3.51. The number of aromatic nitrogens is 1. The van der Waals surface area contributed by atoms with Crippen molar-refractivity contribution >= 4 is 22.7 Å². The van der Waals surface area contributed by atoms with Gasteiger partial charge >= 0.3 is 0 Å². The molecule has 3 rings (SSSR count). The molecule has 1 fully saturated rings. The SMILES string of the molecule is CC1(C)CCSCC1(O)Cc1ccc2ccccc2n1. The van der Waals surface area contributed by atoms with Gasteiger partial charge in [0.2, 0.25) is 0 Å². The summed E-state index contributed by atoms with van der Waals surface area (Å²) < 4.78 is 0. The number of aliphatic hydroxyl groups is 1. The third-order valence-corrected chi connectivity index (χ3v) is 5.78. The van der Waals surface area contributed by atoms with E-state index in [0.717, 1.165) is 34.5 Å². The van der Waals surface area contributed by atoms with Crippen LogP contribution in [0.2, 0.25) is 0 Å². The molecule has 2 heterocycles. The smallest absolute Gasteiger partial charge is 0.0843 e. The summed E-state index contributed by atoms with van der Waals surface area (Å²) in [4.78, 5) is 4.71. The van der Waals surface area contributed by atoms with Crippen molar-refractivity contribution in [3.63, 3.8) is 0 Å². The van der Waals surface area contributed by atoms with Crippen LogP contribution < -0.4 is 0 Å². The minimum Gasteiger partial charge on any atom is -0.388 e. The Bertz CT molecular complexity index is 625. The van der Waals surface area contributed by atoms with E-state index < -0.39 is 5.60 Å². The average molecular weight is 287 g/mol. The normalized spacial score (nSPS) is 25.8. The first-order valence-corrected chi connectivity index (χ1v) is 8.31. The van der Waals surface area contributed by atoms with Crippen LogP contribution in [0.4, 0.5) is 0 Å². The van der Waals surface area contributed by atoms with Crippen LogP contribution in [0.1, 0.15) is 26.0 Å². The molecule has 1 atom stereocenters. The van der Waals surface area contributed by atoms with E-state index in [-0.39, 0.29) is 5.41 Å². The number of hydrogen-bond acceptors (Lipinski definition) is 3. The maximum atomic E-state index is 11.1. The van der Waals surface area contributed by atoms with Crippen molar-refractivity contribution in [2.24, 2.45) is 5.41 Å². The van der Waals surface area contributed by atoms with Gasteiger partial charge in [0.05, 0.1) is 11.1 Å². The maximum absolute atomic E-state index is 11.1. The standard InChI is InChI=1S/C17H21NOS/c1-16(2)9-10-20-12-17(16,19)11-14-8-7-13-5-3-4-6-15(13)18-14/h3-8,19H,9-12H2,1-2H3. The van der Waals surface area contributed by atoms with Crippen LogP contribution >= 0.6 is 11.8 Å². The Morgan fingerprint density at radius 2 is 2.00 bits per heavy atom. The molecule has 0 bridgehead atoms. The van der Waals surface area contributed by atoms with Crippen LogP contribution in [0, 0.1) is 5.41 Å². The van der Waals surface area contributed by atoms with Crippen molar-refractivity contribution in [3.8, 4) is 0 Å². The highest BCUT2D eigenvalue weighted by molar-refractivity contribution is 7.99. The summed E-state index contributed by atoms with van der Waals surface area (Å²) >= 11 is 1.85. The fraction of sp³-hybridized carbons (Fsp3) is 0.471. The second-order valence-corrected chi connectivity index (χ2v) is 7.50. The zero-order valence-electron chi connectivity index (χ0n) is 12.1. The first-order chi connectivity index (χ1) is 9.50. The minimum atomic E-state index is -0.661. The van der Waals surface area contributed by atoms with E-state index in [2.05, 4.69) is 32.0 Å². The van der Waals surface area contributed by atoms with E-state index in [9.17, 15) is 5.11 Å². The van der Waals surface area contributed by atoms with Crippen LogP contribution in [0.25, 0.3) is 10.9 Å². The first kappa shape index (κ1) is 13.9. The van der Waals surface area contributed by atoms with E-state index >= 15 is 0 Å². The number of rotatable bonds is 2. The topological polar surface area (TPSA) is 33.1 Å². The molecule has 20 heavy (non-hydrogen) atoms. The van der Waals surface area contributed by atoms with Crippen LogP contribution in [-0.4, -0.2) is 27.2 Å². The van der Waals surface area contributed by atoms with Gasteiger partial charge in [0, 0.05) is 23.3 Å². The van der Waals surface area contributed by atoms with Crippen LogP contribution in [0.5, 0.6) is 0 Å². The largest absolute Gasteiger partial charge is 0.388 e. The molecule has 0 amide bonds. The molecule has 2 nitrogen and oxygen atoms in total. The Labute approximate surface area is 124 Å². The van der Waals surface area contributed by atoms with Gasteiger partial charge in [0.1, 0.15) is 0 Å². The predicted octanol–water partition coefficient (Wildman–Crippen LogP) is 3.67. The van der Waals surface area contributed by atoms with Gasteiger partial charge in [-0.05, 0) is 29.7 Å². The van der Waals surface area contributed by atoms with Crippen LogP contribution in [0.15, 0.2) is 36.4 Å². The molecule has 0 spiro atoms. The van der Waals surface area contributed by atoms with Gasteiger partial charge in [0.25, 0.3) is 0 Å². The first-order valence-electron chi connectivity index (χ1n) is 7.15. The number of hydrogen-bond donors (Lipinski definition) is 1. The molecule has 1 N–H and O–H groups in total. The number of para-hydroxylation sites is 1. The van der Waals surface area contributed by atoms with Crippen molar-refractivity contribution in [3.05, 3.63) is 42.1 Å². The Morgan fingerprint density at radius 1 is 1.20 bits per heavy atom. The lowest BCUT2D eigenvalue weighted by Gasteiger charge is -2.46. The molecule has 1 aromatic heterocycles. The van der Waals surface area contributed by atoms with Gasteiger partial charge in [0.15, 0.2) is 0 Å². The second-order valence-electron chi connectivity index (χ2n) is 6.39. The summed E-state index contributed by atoms with van der Waals surface area (Å²) in [5, 5.41) is 12.2. The van der Waals surface area contributed by atoms with E-state index in [4.69, 9.17) is 4.98 Å². The van der Waals surface area contributed by atoms with Gasteiger partial charge in [-0.3, -0.25) is 4.98 Å². The van der Waals surface area contributed by atoms with Gasteiger partial charge in [-0.1, -0.05) is 38.1 Å². The summed E-state index contributed by atoms with van der Waals surface area (Å²) in [6.07, 6.45) is 1.69. The monoisotopic (exact) mass is 287 g/mol. The predicted molar refractivity (Wildman–Crippen MR) is 86.1 cm³/mol. The van der Waals surface area contributed by atoms with E-state index in [1.807, 2.05) is 30.0 Å². The molecule has 0 radical (unpaired) electrons. The lowest BCUT2D eigenvalue weighted by molar-refractivity contribution is -0.0519. The molecular weight excluding hydrogens is 266 g/mol. The van der Waals surface area contributed by atoms with Crippen LogP contribution in [0.3, 0.4) is 0 Å². The molecule has 1 unspecified atom stereocenters. The molecule has 106 valence electrons. The molecule has 1 aromatic carbocycles. The number of fused-ring (bicyclic) bond motifs is 1. The maximum Gasteiger partial charge on any atom is 0.0843 e. The van der Waals surface area contributed by atoms with Crippen molar-refractivity contribution in [1.29, 1.82) is 0 Å². The highest BCUT2D eigenvalue weighted by Gasteiger charge is 2.45. The summed E-state index contributed by atoms with van der Waals surface area (Å²) in [6, 6.07) is 12.3. The summed E-state index contributed by atoms with van der Waals surface area (Å²) in [5.41, 5.74) is 1.29. The van der Waals surface area contributed by atoms with Crippen LogP contribution in [-0.2, 0) is 6.42 Å². The van der Waals surface area contributed by atoms with Crippen molar-refractivity contribution in [1.82, 2.24) is 4.98 Å². The Balaban J connectivity index is 1.92. The van der Waals surface area contributed by atoms with Gasteiger partial charge in [-0.25, -0.2) is 0 Å². The number of nitrogens with zero attached hydrogens (tertiary/aromatic N) is 1. The Hall–Kier alpha value is -1.06. The van der Waals surface area contributed by atoms with E-state index in [0.29, 0.717) is 6.42 Å². The third-order valence-electron chi connectivity index (χ3n) is 4.60. The lowest BCUT2D eigenvalue weighted by atomic mass is 9.71. The molecule has 0 aliphatic carbocycles. The lowest BCUT2D eigenvalue weighted by Crippen LogP contribution is -2.51. The molecule has 1 saturated heterocycles.